The van der Waals surface area contributed by atoms with E-state index in [1.54, 1.807) is 6.92 Å². The molecule has 2 atom stereocenters. The Morgan fingerprint density at radius 1 is 1.20 bits per heavy atom. The van der Waals surface area contributed by atoms with Gasteiger partial charge in [-0.15, -0.1) is 0 Å². The smallest absolute Gasteiger partial charge is 0.341 e. The number of ether oxygens (including phenoxy) is 3. The SMILES string of the molecule is CCOC(=O)C1(CC)OC1(C)c1ccccc1OCC. The lowest BCUT2D eigenvalue weighted by atomic mass is 9.85. The van der Waals surface area contributed by atoms with Gasteiger partial charge in [0.15, 0.2) is 5.60 Å². The molecule has 0 amide bonds. The normalized spacial score (nSPS) is 28.0. The van der Waals surface area contributed by atoms with Crippen LogP contribution in [0.25, 0.3) is 0 Å². The lowest BCUT2D eigenvalue weighted by molar-refractivity contribution is -0.149. The highest BCUT2D eigenvalue weighted by atomic mass is 16.7. The zero-order valence-electron chi connectivity index (χ0n) is 12.6. The molecule has 0 spiro atoms. The summed E-state index contributed by atoms with van der Waals surface area (Å²) in [6.07, 6.45) is 0.572. The van der Waals surface area contributed by atoms with Crippen molar-refractivity contribution in [1.82, 2.24) is 0 Å². The van der Waals surface area contributed by atoms with Crippen molar-refractivity contribution in [2.75, 3.05) is 13.2 Å². The van der Waals surface area contributed by atoms with Crippen molar-refractivity contribution in [3.8, 4) is 5.75 Å². The standard InChI is InChI=1S/C16H22O4/c1-5-16(14(17)19-7-3)15(4,20-16)12-10-8-9-11-13(12)18-6-2/h8-11H,5-7H2,1-4H3. The third-order valence-corrected chi connectivity index (χ3v) is 3.91. The van der Waals surface area contributed by atoms with Gasteiger partial charge in [-0.25, -0.2) is 4.79 Å². The van der Waals surface area contributed by atoms with Gasteiger partial charge in [-0.05, 0) is 33.3 Å². The maximum atomic E-state index is 12.2. The zero-order chi connectivity index (χ0) is 14.8. The molecule has 1 heterocycles. The van der Waals surface area contributed by atoms with Crippen molar-refractivity contribution in [3.05, 3.63) is 29.8 Å². The van der Waals surface area contributed by atoms with Crippen LogP contribution in [0.1, 0.15) is 39.7 Å². The van der Waals surface area contributed by atoms with Crippen LogP contribution in [0.5, 0.6) is 5.75 Å². The number of carbonyl (C=O) groups is 1. The summed E-state index contributed by atoms with van der Waals surface area (Å²) in [6, 6.07) is 7.69. The Kier molecular flexibility index (Phi) is 4.04. The first-order valence-electron chi connectivity index (χ1n) is 7.15. The van der Waals surface area contributed by atoms with Gasteiger partial charge in [-0.2, -0.15) is 0 Å². The summed E-state index contributed by atoms with van der Waals surface area (Å²) in [4.78, 5) is 12.2. The molecular formula is C16H22O4. The van der Waals surface area contributed by atoms with Gasteiger partial charge in [0, 0.05) is 5.56 Å². The molecule has 1 saturated heterocycles. The second kappa shape index (κ2) is 5.44. The summed E-state index contributed by atoms with van der Waals surface area (Å²) in [5.74, 6) is 0.466. The van der Waals surface area contributed by atoms with Gasteiger partial charge in [0.1, 0.15) is 11.4 Å². The van der Waals surface area contributed by atoms with Crippen LogP contribution in [-0.2, 0) is 19.9 Å². The van der Waals surface area contributed by atoms with Gasteiger partial charge in [0.2, 0.25) is 0 Å². The predicted octanol–water partition coefficient (Wildman–Crippen LogP) is 3.04. The molecular weight excluding hydrogens is 256 g/mol. The summed E-state index contributed by atoms with van der Waals surface area (Å²) in [7, 11) is 0. The van der Waals surface area contributed by atoms with E-state index in [1.165, 1.54) is 0 Å². The topological polar surface area (TPSA) is 48.1 Å². The van der Waals surface area contributed by atoms with Crippen molar-refractivity contribution in [2.24, 2.45) is 0 Å². The minimum Gasteiger partial charge on any atom is -0.493 e. The molecule has 0 radical (unpaired) electrons. The third kappa shape index (κ3) is 2.08. The average Bonchev–Trinajstić information content (AvgIpc) is 3.08. The van der Waals surface area contributed by atoms with Gasteiger partial charge >= 0.3 is 5.97 Å². The highest BCUT2D eigenvalue weighted by molar-refractivity contribution is 5.85. The Morgan fingerprint density at radius 3 is 2.50 bits per heavy atom. The minimum atomic E-state index is -0.893. The summed E-state index contributed by atoms with van der Waals surface area (Å²) >= 11 is 0. The van der Waals surface area contributed by atoms with Crippen LogP contribution >= 0.6 is 0 Å². The number of epoxide rings is 1. The molecule has 1 aromatic rings. The number of rotatable bonds is 6. The van der Waals surface area contributed by atoms with Gasteiger partial charge in [-0.3, -0.25) is 0 Å². The zero-order valence-corrected chi connectivity index (χ0v) is 12.6. The molecule has 0 aromatic heterocycles. The maximum absolute atomic E-state index is 12.2. The highest BCUT2D eigenvalue weighted by Gasteiger charge is 2.73. The van der Waals surface area contributed by atoms with E-state index in [1.807, 2.05) is 45.0 Å². The molecule has 0 bridgehead atoms. The van der Waals surface area contributed by atoms with Crippen LogP contribution in [0.2, 0.25) is 0 Å². The molecule has 2 unspecified atom stereocenters. The molecule has 4 heteroatoms. The number of para-hydroxylation sites is 1. The summed E-state index contributed by atoms with van der Waals surface area (Å²) < 4.78 is 16.7. The fourth-order valence-corrected chi connectivity index (χ4v) is 2.78. The van der Waals surface area contributed by atoms with Gasteiger partial charge in [0.05, 0.1) is 13.2 Å². The van der Waals surface area contributed by atoms with Gasteiger partial charge in [-0.1, -0.05) is 25.1 Å². The number of benzene rings is 1. The molecule has 110 valence electrons. The summed E-state index contributed by atoms with van der Waals surface area (Å²) in [5, 5.41) is 0. The number of hydrogen-bond acceptors (Lipinski definition) is 4. The summed E-state index contributed by atoms with van der Waals surface area (Å²) in [6.45, 7) is 8.52. The highest BCUT2D eigenvalue weighted by Crippen LogP contribution is 2.60. The molecule has 1 aromatic carbocycles. The lowest BCUT2D eigenvalue weighted by Gasteiger charge is -2.17. The van der Waals surface area contributed by atoms with Crippen LogP contribution in [-0.4, -0.2) is 24.8 Å². The van der Waals surface area contributed by atoms with Gasteiger partial charge < -0.3 is 14.2 Å². The fourth-order valence-electron chi connectivity index (χ4n) is 2.78. The van der Waals surface area contributed by atoms with Crippen molar-refractivity contribution in [3.63, 3.8) is 0 Å². The second-order valence-electron chi connectivity index (χ2n) is 4.97. The van der Waals surface area contributed by atoms with E-state index in [0.717, 1.165) is 11.3 Å². The van der Waals surface area contributed by atoms with Crippen LogP contribution in [0.3, 0.4) is 0 Å². The monoisotopic (exact) mass is 278 g/mol. The minimum absolute atomic E-state index is 0.295. The predicted molar refractivity (Wildman–Crippen MR) is 75.7 cm³/mol. The number of hydrogen-bond donors (Lipinski definition) is 0. The molecule has 20 heavy (non-hydrogen) atoms. The fraction of sp³-hybridized carbons (Fsp3) is 0.562. The van der Waals surface area contributed by atoms with Crippen molar-refractivity contribution in [1.29, 1.82) is 0 Å². The Hall–Kier alpha value is -1.55. The Morgan fingerprint density at radius 2 is 1.90 bits per heavy atom. The first-order valence-corrected chi connectivity index (χ1v) is 7.15. The Bertz CT molecular complexity index is 499. The molecule has 0 aliphatic carbocycles. The van der Waals surface area contributed by atoms with Crippen molar-refractivity contribution < 1.29 is 19.0 Å². The first-order chi connectivity index (χ1) is 9.55. The maximum Gasteiger partial charge on any atom is 0.341 e. The van der Waals surface area contributed by atoms with E-state index >= 15 is 0 Å². The van der Waals surface area contributed by atoms with Crippen LogP contribution in [0.15, 0.2) is 24.3 Å². The van der Waals surface area contributed by atoms with Crippen LogP contribution < -0.4 is 4.74 Å². The lowest BCUT2D eigenvalue weighted by Crippen LogP contribution is -2.33. The van der Waals surface area contributed by atoms with Crippen LogP contribution in [0, 0.1) is 0 Å². The van der Waals surface area contributed by atoms with Crippen molar-refractivity contribution in [2.45, 2.75) is 45.3 Å². The molecule has 1 aliphatic heterocycles. The largest absolute Gasteiger partial charge is 0.493 e. The van der Waals surface area contributed by atoms with E-state index in [9.17, 15) is 4.79 Å². The van der Waals surface area contributed by atoms with E-state index in [0.29, 0.717) is 19.6 Å². The second-order valence-corrected chi connectivity index (χ2v) is 4.97. The molecule has 2 rings (SSSR count). The third-order valence-electron chi connectivity index (χ3n) is 3.91. The van der Waals surface area contributed by atoms with E-state index in [2.05, 4.69) is 0 Å². The van der Waals surface area contributed by atoms with Crippen LogP contribution in [0.4, 0.5) is 0 Å². The van der Waals surface area contributed by atoms with E-state index in [4.69, 9.17) is 14.2 Å². The Labute approximate surface area is 120 Å². The van der Waals surface area contributed by atoms with Crippen molar-refractivity contribution >= 4 is 5.97 Å². The number of carbonyl (C=O) groups excluding carboxylic acids is 1. The van der Waals surface area contributed by atoms with E-state index in [-0.39, 0.29) is 5.97 Å². The molecule has 1 aliphatic rings. The average molecular weight is 278 g/mol. The molecule has 0 saturated carbocycles. The molecule has 4 nitrogen and oxygen atoms in total. The van der Waals surface area contributed by atoms with Gasteiger partial charge in [0.25, 0.3) is 0 Å². The van der Waals surface area contributed by atoms with E-state index < -0.39 is 11.2 Å². The first kappa shape index (κ1) is 14.9. The molecule has 1 fully saturated rings. The number of esters is 1. The Balaban J connectivity index is 2.36. The quantitative estimate of drug-likeness (QED) is 0.593. The summed E-state index contributed by atoms with van der Waals surface area (Å²) in [5.41, 5.74) is -0.674. The molecule has 0 N–H and O–H groups in total.